The predicted octanol–water partition coefficient (Wildman–Crippen LogP) is -0.567. The van der Waals surface area contributed by atoms with Crippen LogP contribution in [0.2, 0.25) is 0 Å². The third-order valence-electron chi connectivity index (χ3n) is 2.72. The molecule has 108 valence electrons. The van der Waals surface area contributed by atoms with Gasteiger partial charge in [0, 0.05) is 12.6 Å². The van der Waals surface area contributed by atoms with Crippen LogP contribution in [-0.2, 0) is 9.59 Å². The quantitative estimate of drug-likeness (QED) is 0.578. The smallest absolute Gasteiger partial charge is 0.321 e. The van der Waals surface area contributed by atoms with Gasteiger partial charge < -0.3 is 10.6 Å². The van der Waals surface area contributed by atoms with Gasteiger partial charge in [-0.2, -0.15) is 0 Å². The third kappa shape index (κ3) is 6.76. The van der Waals surface area contributed by atoms with E-state index >= 15 is 0 Å². The lowest BCUT2D eigenvalue weighted by Gasteiger charge is -2.18. The molecule has 1 fully saturated rings. The van der Waals surface area contributed by atoms with E-state index in [0.717, 1.165) is 12.8 Å². The number of rotatable bonds is 7. The van der Waals surface area contributed by atoms with Crippen LogP contribution in [0.25, 0.3) is 0 Å². The number of hydrogen-bond acceptors (Lipinski definition) is 4. The lowest BCUT2D eigenvalue weighted by molar-refractivity contribution is -0.124. The maximum absolute atomic E-state index is 11.6. The van der Waals surface area contributed by atoms with Gasteiger partial charge in [0.25, 0.3) is 0 Å². The second-order valence-corrected chi connectivity index (χ2v) is 4.55. The molecule has 0 aromatic heterocycles. The molecule has 4 amide bonds. The first kappa shape index (κ1) is 15.4. The largest absolute Gasteiger partial charge is 0.355 e. The van der Waals surface area contributed by atoms with Crippen LogP contribution >= 0.6 is 0 Å². The van der Waals surface area contributed by atoms with Gasteiger partial charge in [0.2, 0.25) is 11.8 Å². The number of carbonyl (C=O) groups excluding carboxylic acids is 3. The fourth-order valence-electron chi connectivity index (χ4n) is 1.55. The standard InChI is InChI=1S/C12H22N4O3/c1-3-13-10(17)7-16(4-2)8-11(18)15-12(19)14-9-5-6-9/h9H,3-8H2,1-2H3,(H,13,17)(H2,14,15,18,19). The minimum atomic E-state index is -0.457. The highest BCUT2D eigenvalue weighted by atomic mass is 16.2. The van der Waals surface area contributed by atoms with Gasteiger partial charge >= 0.3 is 6.03 Å². The molecule has 1 aliphatic rings. The van der Waals surface area contributed by atoms with Gasteiger partial charge in [0.15, 0.2) is 0 Å². The van der Waals surface area contributed by atoms with Crippen molar-refractivity contribution in [1.29, 1.82) is 0 Å². The number of hydrogen-bond donors (Lipinski definition) is 3. The molecule has 0 spiro atoms. The summed E-state index contributed by atoms with van der Waals surface area (Å²) in [7, 11) is 0. The molecule has 0 bridgehead atoms. The van der Waals surface area contributed by atoms with E-state index in [1.807, 2.05) is 13.8 Å². The number of carbonyl (C=O) groups is 3. The number of amides is 4. The molecule has 0 atom stereocenters. The molecule has 0 saturated heterocycles. The number of imide groups is 1. The van der Waals surface area contributed by atoms with Gasteiger partial charge in [-0.15, -0.1) is 0 Å². The Morgan fingerprint density at radius 2 is 1.74 bits per heavy atom. The van der Waals surface area contributed by atoms with Crippen molar-refractivity contribution < 1.29 is 14.4 Å². The van der Waals surface area contributed by atoms with Gasteiger partial charge in [-0.05, 0) is 26.3 Å². The van der Waals surface area contributed by atoms with Crippen LogP contribution in [-0.4, -0.2) is 55.0 Å². The summed E-state index contributed by atoms with van der Waals surface area (Å²) in [5.41, 5.74) is 0. The van der Waals surface area contributed by atoms with Gasteiger partial charge in [-0.25, -0.2) is 4.79 Å². The van der Waals surface area contributed by atoms with Crippen LogP contribution < -0.4 is 16.0 Å². The van der Waals surface area contributed by atoms with E-state index in [-0.39, 0.29) is 25.0 Å². The topological polar surface area (TPSA) is 90.5 Å². The molecular weight excluding hydrogens is 248 g/mol. The van der Waals surface area contributed by atoms with Crippen LogP contribution in [0.15, 0.2) is 0 Å². The van der Waals surface area contributed by atoms with Gasteiger partial charge in [0.05, 0.1) is 13.1 Å². The van der Waals surface area contributed by atoms with Crippen LogP contribution in [0.5, 0.6) is 0 Å². The fourth-order valence-corrected chi connectivity index (χ4v) is 1.55. The van der Waals surface area contributed by atoms with Crippen molar-refractivity contribution in [3.63, 3.8) is 0 Å². The van der Waals surface area contributed by atoms with Crippen LogP contribution in [0.4, 0.5) is 4.79 Å². The molecule has 0 heterocycles. The van der Waals surface area contributed by atoms with E-state index in [2.05, 4.69) is 16.0 Å². The lowest BCUT2D eigenvalue weighted by Crippen LogP contribution is -2.47. The van der Waals surface area contributed by atoms with E-state index in [0.29, 0.717) is 13.1 Å². The Bertz CT molecular complexity index is 342. The summed E-state index contributed by atoms with van der Waals surface area (Å²) in [5, 5.41) is 7.59. The first-order chi connectivity index (χ1) is 9.05. The molecule has 3 N–H and O–H groups in total. The molecule has 1 saturated carbocycles. The second kappa shape index (κ2) is 7.73. The van der Waals surface area contributed by atoms with Crippen molar-refractivity contribution in [2.45, 2.75) is 32.7 Å². The maximum Gasteiger partial charge on any atom is 0.321 e. The van der Waals surface area contributed by atoms with E-state index in [1.165, 1.54) is 0 Å². The molecule has 7 heteroatoms. The Balaban J connectivity index is 2.26. The van der Waals surface area contributed by atoms with E-state index < -0.39 is 11.9 Å². The average molecular weight is 270 g/mol. The van der Waals surface area contributed by atoms with Crippen molar-refractivity contribution >= 4 is 17.8 Å². The first-order valence-electron chi connectivity index (χ1n) is 6.64. The van der Waals surface area contributed by atoms with Crippen LogP contribution in [0, 0.1) is 0 Å². The Morgan fingerprint density at radius 3 is 2.26 bits per heavy atom. The number of nitrogens with zero attached hydrogens (tertiary/aromatic N) is 1. The molecule has 0 aromatic rings. The summed E-state index contributed by atoms with van der Waals surface area (Å²) in [4.78, 5) is 36.1. The fraction of sp³-hybridized carbons (Fsp3) is 0.750. The Hall–Kier alpha value is -1.63. The van der Waals surface area contributed by atoms with E-state index in [1.54, 1.807) is 4.90 Å². The summed E-state index contributed by atoms with van der Waals surface area (Å²) >= 11 is 0. The Labute approximate surface area is 113 Å². The molecule has 7 nitrogen and oxygen atoms in total. The number of likely N-dealkylation sites (N-methyl/N-ethyl adjacent to an activating group) is 2. The molecule has 1 aliphatic carbocycles. The molecule has 0 aliphatic heterocycles. The zero-order valence-corrected chi connectivity index (χ0v) is 11.5. The van der Waals surface area contributed by atoms with Gasteiger partial charge in [-0.3, -0.25) is 19.8 Å². The van der Waals surface area contributed by atoms with Crippen molar-refractivity contribution in [2.75, 3.05) is 26.2 Å². The molecular formula is C12H22N4O3. The monoisotopic (exact) mass is 270 g/mol. The third-order valence-corrected chi connectivity index (χ3v) is 2.72. The van der Waals surface area contributed by atoms with E-state index in [4.69, 9.17) is 0 Å². The Morgan fingerprint density at radius 1 is 1.11 bits per heavy atom. The predicted molar refractivity (Wildman–Crippen MR) is 70.5 cm³/mol. The molecule has 0 unspecified atom stereocenters. The summed E-state index contributed by atoms with van der Waals surface area (Å²) < 4.78 is 0. The lowest BCUT2D eigenvalue weighted by atomic mass is 10.4. The van der Waals surface area contributed by atoms with Crippen molar-refractivity contribution in [2.24, 2.45) is 0 Å². The number of nitrogens with one attached hydrogen (secondary N) is 3. The number of urea groups is 1. The van der Waals surface area contributed by atoms with Crippen LogP contribution in [0.1, 0.15) is 26.7 Å². The maximum atomic E-state index is 11.6. The molecule has 0 aromatic carbocycles. The highest BCUT2D eigenvalue weighted by molar-refractivity contribution is 5.95. The van der Waals surface area contributed by atoms with Crippen molar-refractivity contribution in [1.82, 2.24) is 20.9 Å². The zero-order chi connectivity index (χ0) is 14.3. The van der Waals surface area contributed by atoms with Gasteiger partial charge in [0.1, 0.15) is 0 Å². The normalized spacial score (nSPS) is 14.1. The SMILES string of the molecule is CCNC(=O)CN(CC)CC(=O)NC(=O)NC1CC1. The summed E-state index contributed by atoms with van der Waals surface area (Å²) in [6.45, 7) is 5.01. The first-order valence-corrected chi connectivity index (χ1v) is 6.64. The van der Waals surface area contributed by atoms with Crippen LogP contribution in [0.3, 0.4) is 0 Å². The zero-order valence-electron chi connectivity index (χ0n) is 11.5. The summed E-state index contributed by atoms with van der Waals surface area (Å²) in [6, 6.07) is -0.244. The minimum absolute atomic E-state index is 0.0335. The van der Waals surface area contributed by atoms with Crippen molar-refractivity contribution in [3.05, 3.63) is 0 Å². The molecule has 0 radical (unpaired) electrons. The van der Waals surface area contributed by atoms with Gasteiger partial charge in [-0.1, -0.05) is 6.92 Å². The second-order valence-electron chi connectivity index (χ2n) is 4.55. The average Bonchev–Trinajstić information content (AvgIpc) is 3.11. The Kier molecular flexibility index (Phi) is 6.27. The highest BCUT2D eigenvalue weighted by Gasteiger charge is 2.24. The molecule has 1 rings (SSSR count). The molecule has 19 heavy (non-hydrogen) atoms. The summed E-state index contributed by atoms with van der Waals surface area (Å²) in [5.74, 6) is -0.524. The van der Waals surface area contributed by atoms with Crippen molar-refractivity contribution in [3.8, 4) is 0 Å². The highest BCUT2D eigenvalue weighted by Crippen LogP contribution is 2.18. The van der Waals surface area contributed by atoms with E-state index in [9.17, 15) is 14.4 Å². The minimum Gasteiger partial charge on any atom is -0.355 e. The summed E-state index contributed by atoms with van der Waals surface area (Å²) in [6.07, 6.45) is 1.94.